The maximum absolute atomic E-state index is 6.06. The molecule has 0 atom stereocenters. The van der Waals surface area contributed by atoms with Crippen LogP contribution < -0.4 is 10.6 Å². The zero-order valence-electron chi connectivity index (χ0n) is 7.53. The first-order valence-electron chi connectivity index (χ1n) is 3.84. The van der Waals surface area contributed by atoms with Crippen LogP contribution in [0.25, 0.3) is 0 Å². The van der Waals surface area contributed by atoms with Crippen LogP contribution in [-0.2, 0) is 0 Å². The highest BCUT2D eigenvalue weighted by Gasteiger charge is 2.04. The molecule has 0 aliphatic carbocycles. The summed E-state index contributed by atoms with van der Waals surface area (Å²) in [7, 11) is 3.72. The molecule has 0 fully saturated rings. The summed E-state index contributed by atoms with van der Waals surface area (Å²) in [6.07, 6.45) is 0. The smallest absolute Gasteiger partial charge is 0.0868 e. The number of hydrogen-bond donors (Lipinski definition) is 2. The molecule has 1 rings (SSSR count). The van der Waals surface area contributed by atoms with Gasteiger partial charge in [0.25, 0.3) is 0 Å². The van der Waals surface area contributed by atoms with Crippen LogP contribution in [0.15, 0.2) is 12.1 Å². The quantitative estimate of drug-likeness (QED) is 0.739. The number of anilines is 2. The van der Waals surface area contributed by atoms with E-state index in [9.17, 15) is 0 Å². The summed E-state index contributed by atoms with van der Waals surface area (Å²) in [5.74, 6) is 0. The van der Waals surface area contributed by atoms with Gasteiger partial charge in [-0.3, -0.25) is 0 Å². The van der Waals surface area contributed by atoms with Gasteiger partial charge in [0.1, 0.15) is 0 Å². The van der Waals surface area contributed by atoms with Crippen molar-refractivity contribution < 1.29 is 0 Å². The van der Waals surface area contributed by atoms with Crippen LogP contribution in [0.2, 0.25) is 5.02 Å². The standard InChI is InChI=1S/C9H13ClN2/c1-6-4-7(11-2)9(10)8(5-6)12-3/h4-5,11-12H,1-3H3. The lowest BCUT2D eigenvalue weighted by molar-refractivity contribution is 1.40. The Labute approximate surface area is 77.9 Å². The Balaban J connectivity index is 3.22. The van der Waals surface area contributed by atoms with E-state index in [0.717, 1.165) is 16.4 Å². The fraction of sp³-hybridized carbons (Fsp3) is 0.333. The zero-order chi connectivity index (χ0) is 9.14. The number of halogens is 1. The van der Waals surface area contributed by atoms with Crippen molar-refractivity contribution in [3.8, 4) is 0 Å². The topological polar surface area (TPSA) is 24.1 Å². The van der Waals surface area contributed by atoms with Crippen LogP contribution in [0.3, 0.4) is 0 Å². The van der Waals surface area contributed by atoms with Gasteiger partial charge in [-0.05, 0) is 24.6 Å². The molecule has 1 aromatic carbocycles. The lowest BCUT2D eigenvalue weighted by Gasteiger charge is -2.10. The van der Waals surface area contributed by atoms with Crippen LogP contribution in [-0.4, -0.2) is 14.1 Å². The molecule has 0 saturated carbocycles. The van der Waals surface area contributed by atoms with Crippen molar-refractivity contribution in [2.45, 2.75) is 6.92 Å². The molecule has 0 aliphatic heterocycles. The minimum Gasteiger partial charge on any atom is -0.387 e. The van der Waals surface area contributed by atoms with Crippen LogP contribution >= 0.6 is 11.6 Å². The first-order chi connectivity index (χ1) is 5.69. The summed E-state index contributed by atoms with van der Waals surface area (Å²) >= 11 is 6.06. The first-order valence-corrected chi connectivity index (χ1v) is 4.22. The van der Waals surface area contributed by atoms with Gasteiger partial charge in [0.05, 0.1) is 16.4 Å². The summed E-state index contributed by atoms with van der Waals surface area (Å²) in [6.45, 7) is 2.04. The Kier molecular flexibility index (Phi) is 2.82. The van der Waals surface area contributed by atoms with E-state index in [1.165, 1.54) is 5.56 Å². The predicted molar refractivity (Wildman–Crippen MR) is 55.3 cm³/mol. The molecular formula is C9H13ClN2. The van der Waals surface area contributed by atoms with Crippen LogP contribution in [0, 0.1) is 6.92 Å². The largest absolute Gasteiger partial charge is 0.387 e. The molecule has 0 spiro atoms. The first kappa shape index (κ1) is 9.20. The fourth-order valence-corrected chi connectivity index (χ4v) is 1.43. The lowest BCUT2D eigenvalue weighted by Crippen LogP contribution is -1.95. The van der Waals surface area contributed by atoms with Gasteiger partial charge >= 0.3 is 0 Å². The molecule has 0 amide bonds. The second-order valence-electron chi connectivity index (χ2n) is 2.67. The highest BCUT2D eigenvalue weighted by molar-refractivity contribution is 6.35. The zero-order valence-corrected chi connectivity index (χ0v) is 8.29. The Hall–Kier alpha value is -0.890. The normalized spacial score (nSPS) is 9.67. The molecule has 0 saturated heterocycles. The third-order valence-electron chi connectivity index (χ3n) is 1.76. The Morgan fingerprint density at radius 3 is 1.83 bits per heavy atom. The second kappa shape index (κ2) is 3.68. The van der Waals surface area contributed by atoms with Crippen molar-refractivity contribution in [2.24, 2.45) is 0 Å². The van der Waals surface area contributed by atoms with Crippen molar-refractivity contribution in [3.05, 3.63) is 22.7 Å². The average Bonchev–Trinajstić information content (AvgIpc) is 2.08. The second-order valence-corrected chi connectivity index (χ2v) is 3.05. The fourth-order valence-electron chi connectivity index (χ4n) is 1.13. The van der Waals surface area contributed by atoms with E-state index in [1.54, 1.807) is 0 Å². The number of hydrogen-bond acceptors (Lipinski definition) is 2. The summed E-state index contributed by atoms with van der Waals surface area (Å²) in [5.41, 5.74) is 3.11. The third-order valence-corrected chi connectivity index (χ3v) is 2.16. The van der Waals surface area contributed by atoms with E-state index < -0.39 is 0 Å². The van der Waals surface area contributed by atoms with Crippen molar-refractivity contribution in [1.29, 1.82) is 0 Å². The minimum absolute atomic E-state index is 0.741. The van der Waals surface area contributed by atoms with E-state index in [-0.39, 0.29) is 0 Å². The van der Waals surface area contributed by atoms with E-state index >= 15 is 0 Å². The van der Waals surface area contributed by atoms with Crippen molar-refractivity contribution >= 4 is 23.0 Å². The van der Waals surface area contributed by atoms with Crippen molar-refractivity contribution in [1.82, 2.24) is 0 Å². The number of benzene rings is 1. The maximum atomic E-state index is 6.06. The molecule has 0 radical (unpaired) electrons. The molecule has 0 bridgehead atoms. The van der Waals surface area contributed by atoms with Gasteiger partial charge in [-0.15, -0.1) is 0 Å². The van der Waals surface area contributed by atoms with Gasteiger partial charge in [-0.25, -0.2) is 0 Å². The molecule has 0 aliphatic rings. The Morgan fingerprint density at radius 2 is 1.50 bits per heavy atom. The van der Waals surface area contributed by atoms with Gasteiger partial charge in [0.15, 0.2) is 0 Å². The molecule has 0 aromatic heterocycles. The van der Waals surface area contributed by atoms with Gasteiger partial charge in [-0.2, -0.15) is 0 Å². The van der Waals surface area contributed by atoms with Gasteiger partial charge in [0.2, 0.25) is 0 Å². The molecule has 0 unspecified atom stereocenters. The summed E-state index contributed by atoms with van der Waals surface area (Å²) < 4.78 is 0. The Bertz CT molecular complexity index is 259. The van der Waals surface area contributed by atoms with Gasteiger partial charge in [-0.1, -0.05) is 11.6 Å². The molecule has 12 heavy (non-hydrogen) atoms. The van der Waals surface area contributed by atoms with E-state index in [4.69, 9.17) is 11.6 Å². The lowest BCUT2D eigenvalue weighted by atomic mass is 10.2. The minimum atomic E-state index is 0.741. The monoisotopic (exact) mass is 184 g/mol. The number of rotatable bonds is 2. The van der Waals surface area contributed by atoms with Gasteiger partial charge < -0.3 is 10.6 Å². The number of aryl methyl sites for hydroxylation is 1. The highest BCUT2D eigenvalue weighted by atomic mass is 35.5. The third kappa shape index (κ3) is 1.64. The Morgan fingerprint density at radius 1 is 1.08 bits per heavy atom. The van der Waals surface area contributed by atoms with Gasteiger partial charge in [0, 0.05) is 14.1 Å². The summed E-state index contributed by atoms with van der Waals surface area (Å²) in [6, 6.07) is 4.03. The van der Waals surface area contributed by atoms with Crippen LogP contribution in [0.4, 0.5) is 11.4 Å². The molecule has 3 heteroatoms. The molecular weight excluding hydrogens is 172 g/mol. The number of nitrogens with one attached hydrogen (secondary N) is 2. The van der Waals surface area contributed by atoms with E-state index in [2.05, 4.69) is 10.6 Å². The van der Waals surface area contributed by atoms with Crippen molar-refractivity contribution in [2.75, 3.05) is 24.7 Å². The average molecular weight is 185 g/mol. The molecule has 2 nitrogen and oxygen atoms in total. The SMILES string of the molecule is CNc1cc(C)cc(NC)c1Cl. The predicted octanol–water partition coefficient (Wildman–Crippen LogP) is 2.73. The molecule has 1 aromatic rings. The van der Waals surface area contributed by atoms with Crippen LogP contribution in [0.1, 0.15) is 5.56 Å². The summed E-state index contributed by atoms with van der Waals surface area (Å²) in [4.78, 5) is 0. The van der Waals surface area contributed by atoms with Crippen molar-refractivity contribution in [3.63, 3.8) is 0 Å². The van der Waals surface area contributed by atoms with Crippen LogP contribution in [0.5, 0.6) is 0 Å². The van der Waals surface area contributed by atoms with E-state index in [1.807, 2.05) is 33.2 Å². The molecule has 66 valence electrons. The highest BCUT2D eigenvalue weighted by Crippen LogP contribution is 2.30. The molecule has 2 N–H and O–H groups in total. The van der Waals surface area contributed by atoms with E-state index in [0.29, 0.717) is 0 Å². The maximum Gasteiger partial charge on any atom is 0.0868 e. The molecule has 0 heterocycles. The summed E-state index contributed by atoms with van der Waals surface area (Å²) in [5, 5.41) is 6.82.